The SMILES string of the molecule is CCc1ccc(CC(NC)c2ccc(I)c(Cl)c2)cc1. The molecule has 2 aromatic carbocycles. The second-order valence-electron chi connectivity index (χ2n) is 4.89. The van der Waals surface area contributed by atoms with Crippen LogP contribution in [0.15, 0.2) is 42.5 Å². The van der Waals surface area contributed by atoms with Gasteiger partial charge in [0.1, 0.15) is 0 Å². The van der Waals surface area contributed by atoms with Crippen LogP contribution in [0, 0.1) is 3.57 Å². The van der Waals surface area contributed by atoms with Gasteiger partial charge >= 0.3 is 0 Å². The Hall–Kier alpha value is -0.580. The van der Waals surface area contributed by atoms with Gasteiger partial charge in [-0.05, 0) is 71.3 Å². The van der Waals surface area contributed by atoms with Gasteiger partial charge in [0, 0.05) is 9.61 Å². The van der Waals surface area contributed by atoms with E-state index >= 15 is 0 Å². The highest BCUT2D eigenvalue weighted by molar-refractivity contribution is 14.1. The third-order valence-corrected chi connectivity index (χ3v) is 5.14. The molecule has 0 amide bonds. The molecule has 0 aromatic heterocycles. The highest BCUT2D eigenvalue weighted by Crippen LogP contribution is 2.25. The molecule has 1 nitrogen and oxygen atoms in total. The molecule has 1 N–H and O–H groups in total. The minimum atomic E-state index is 0.289. The number of likely N-dealkylation sites (N-methyl/N-ethyl adjacent to an activating group) is 1. The smallest absolute Gasteiger partial charge is 0.0542 e. The molecule has 1 atom stereocenters. The average Bonchev–Trinajstić information content (AvgIpc) is 2.48. The topological polar surface area (TPSA) is 12.0 Å². The van der Waals surface area contributed by atoms with E-state index in [1.54, 1.807) is 0 Å². The van der Waals surface area contributed by atoms with Crippen LogP contribution in [0.3, 0.4) is 0 Å². The second kappa shape index (κ2) is 7.43. The molecular formula is C17H19ClIN. The van der Waals surface area contributed by atoms with Gasteiger partial charge in [0.15, 0.2) is 0 Å². The Morgan fingerprint density at radius 1 is 1.10 bits per heavy atom. The Bertz CT molecular complexity index is 566. The maximum atomic E-state index is 6.22. The molecule has 0 aliphatic rings. The quantitative estimate of drug-likeness (QED) is 0.697. The van der Waals surface area contributed by atoms with Crippen LogP contribution in [0.4, 0.5) is 0 Å². The van der Waals surface area contributed by atoms with Crippen molar-refractivity contribution in [3.63, 3.8) is 0 Å². The minimum Gasteiger partial charge on any atom is -0.313 e. The maximum absolute atomic E-state index is 6.22. The van der Waals surface area contributed by atoms with E-state index in [-0.39, 0.29) is 6.04 Å². The Morgan fingerprint density at radius 3 is 2.30 bits per heavy atom. The molecule has 0 spiro atoms. The normalized spacial score (nSPS) is 12.4. The van der Waals surface area contributed by atoms with Gasteiger partial charge in [0.25, 0.3) is 0 Å². The van der Waals surface area contributed by atoms with E-state index in [0.29, 0.717) is 0 Å². The molecule has 0 aliphatic carbocycles. The molecule has 0 fully saturated rings. The standard InChI is InChI=1S/C17H19ClIN/c1-3-12-4-6-13(7-5-12)10-17(20-2)14-8-9-16(19)15(18)11-14/h4-9,11,17,20H,3,10H2,1-2H3. The first-order valence-electron chi connectivity index (χ1n) is 6.84. The summed E-state index contributed by atoms with van der Waals surface area (Å²) in [5.74, 6) is 0. The van der Waals surface area contributed by atoms with Gasteiger partial charge in [-0.15, -0.1) is 0 Å². The summed E-state index contributed by atoms with van der Waals surface area (Å²) < 4.78 is 1.09. The predicted octanol–water partition coefficient (Wildman–Crippen LogP) is 5.01. The minimum absolute atomic E-state index is 0.289. The van der Waals surface area contributed by atoms with E-state index < -0.39 is 0 Å². The third kappa shape index (κ3) is 3.96. The molecule has 3 heteroatoms. The van der Waals surface area contributed by atoms with E-state index in [9.17, 15) is 0 Å². The van der Waals surface area contributed by atoms with Crippen LogP contribution in [0.2, 0.25) is 5.02 Å². The summed E-state index contributed by atoms with van der Waals surface area (Å²) in [4.78, 5) is 0. The summed E-state index contributed by atoms with van der Waals surface area (Å²) in [5, 5.41) is 4.20. The van der Waals surface area contributed by atoms with Crippen molar-refractivity contribution in [1.29, 1.82) is 0 Å². The van der Waals surface area contributed by atoms with Crippen molar-refractivity contribution in [3.8, 4) is 0 Å². The van der Waals surface area contributed by atoms with E-state index in [4.69, 9.17) is 11.6 Å². The van der Waals surface area contributed by atoms with Crippen LogP contribution in [0.1, 0.15) is 29.7 Å². The molecule has 1 unspecified atom stereocenters. The van der Waals surface area contributed by atoms with Crippen molar-refractivity contribution in [1.82, 2.24) is 5.32 Å². The molecule has 0 saturated carbocycles. The molecule has 20 heavy (non-hydrogen) atoms. The van der Waals surface area contributed by atoms with Crippen LogP contribution >= 0.6 is 34.2 Å². The van der Waals surface area contributed by atoms with Gasteiger partial charge in [-0.2, -0.15) is 0 Å². The zero-order valence-corrected chi connectivity index (χ0v) is 14.7. The van der Waals surface area contributed by atoms with Crippen LogP contribution < -0.4 is 5.32 Å². The summed E-state index contributed by atoms with van der Waals surface area (Å²) in [5.41, 5.74) is 3.96. The first-order chi connectivity index (χ1) is 9.63. The summed E-state index contributed by atoms with van der Waals surface area (Å²) >= 11 is 8.48. The van der Waals surface area contributed by atoms with Gasteiger partial charge in [0.05, 0.1) is 5.02 Å². The van der Waals surface area contributed by atoms with Crippen molar-refractivity contribution >= 4 is 34.2 Å². The molecule has 0 radical (unpaired) electrons. The van der Waals surface area contributed by atoms with E-state index in [1.807, 2.05) is 7.05 Å². The van der Waals surface area contributed by atoms with Crippen molar-refractivity contribution in [2.24, 2.45) is 0 Å². The fourth-order valence-corrected chi connectivity index (χ4v) is 2.79. The lowest BCUT2D eigenvalue weighted by atomic mass is 9.98. The van der Waals surface area contributed by atoms with Gasteiger partial charge in [0.2, 0.25) is 0 Å². The maximum Gasteiger partial charge on any atom is 0.0542 e. The Kier molecular flexibility index (Phi) is 5.87. The number of hydrogen-bond acceptors (Lipinski definition) is 1. The zero-order chi connectivity index (χ0) is 14.5. The predicted molar refractivity (Wildman–Crippen MR) is 95.5 cm³/mol. The molecule has 0 saturated heterocycles. The lowest BCUT2D eigenvalue weighted by Gasteiger charge is -2.17. The lowest BCUT2D eigenvalue weighted by molar-refractivity contribution is 0.592. The number of hydrogen-bond donors (Lipinski definition) is 1. The molecule has 2 aromatic rings. The lowest BCUT2D eigenvalue weighted by Crippen LogP contribution is -2.18. The first-order valence-corrected chi connectivity index (χ1v) is 8.29. The number of aryl methyl sites for hydroxylation is 1. The van der Waals surface area contributed by atoms with Gasteiger partial charge in [-0.25, -0.2) is 0 Å². The fraction of sp³-hybridized carbons (Fsp3) is 0.294. The molecular weight excluding hydrogens is 381 g/mol. The van der Waals surface area contributed by atoms with Crippen molar-refractivity contribution in [2.75, 3.05) is 7.05 Å². The van der Waals surface area contributed by atoms with Crippen LogP contribution in [-0.4, -0.2) is 7.05 Å². The Balaban J connectivity index is 2.16. The highest BCUT2D eigenvalue weighted by atomic mass is 127. The van der Waals surface area contributed by atoms with Crippen LogP contribution in [0.5, 0.6) is 0 Å². The zero-order valence-electron chi connectivity index (χ0n) is 11.8. The largest absolute Gasteiger partial charge is 0.313 e. The number of halogens is 2. The average molecular weight is 400 g/mol. The fourth-order valence-electron chi connectivity index (χ4n) is 2.26. The molecule has 2 rings (SSSR count). The van der Waals surface area contributed by atoms with E-state index in [2.05, 4.69) is 77.3 Å². The van der Waals surface area contributed by atoms with Gasteiger partial charge in [-0.1, -0.05) is 48.9 Å². The second-order valence-corrected chi connectivity index (χ2v) is 6.46. The monoisotopic (exact) mass is 399 g/mol. The number of benzene rings is 2. The van der Waals surface area contributed by atoms with Crippen molar-refractivity contribution < 1.29 is 0 Å². The summed E-state index contributed by atoms with van der Waals surface area (Å²) in [6, 6.07) is 15.4. The Labute approximate surface area is 139 Å². The van der Waals surface area contributed by atoms with Crippen molar-refractivity contribution in [2.45, 2.75) is 25.8 Å². The molecule has 0 bridgehead atoms. The van der Waals surface area contributed by atoms with Gasteiger partial charge in [-0.3, -0.25) is 0 Å². The summed E-state index contributed by atoms with van der Waals surface area (Å²) in [6.45, 7) is 2.18. The number of rotatable bonds is 5. The third-order valence-electron chi connectivity index (χ3n) is 3.57. The van der Waals surface area contributed by atoms with Gasteiger partial charge < -0.3 is 5.32 Å². The summed E-state index contributed by atoms with van der Waals surface area (Å²) in [6.07, 6.45) is 2.06. The Morgan fingerprint density at radius 2 is 1.75 bits per heavy atom. The molecule has 0 aliphatic heterocycles. The van der Waals surface area contributed by atoms with E-state index in [0.717, 1.165) is 21.4 Å². The molecule has 0 heterocycles. The number of nitrogens with one attached hydrogen (secondary N) is 1. The van der Waals surface area contributed by atoms with E-state index in [1.165, 1.54) is 16.7 Å². The first kappa shape index (κ1) is 15.8. The van der Waals surface area contributed by atoms with Crippen LogP contribution in [0.25, 0.3) is 0 Å². The highest BCUT2D eigenvalue weighted by Gasteiger charge is 2.11. The van der Waals surface area contributed by atoms with Crippen molar-refractivity contribution in [3.05, 3.63) is 67.7 Å². The molecule has 106 valence electrons. The summed E-state index contributed by atoms with van der Waals surface area (Å²) in [7, 11) is 2.00. The van der Waals surface area contributed by atoms with Crippen LogP contribution in [-0.2, 0) is 12.8 Å².